The second-order valence-electron chi connectivity index (χ2n) is 7.09. The summed E-state index contributed by atoms with van der Waals surface area (Å²) >= 11 is 0. The van der Waals surface area contributed by atoms with E-state index in [9.17, 15) is 4.79 Å². The molecular formula is C18H30N6O. The van der Waals surface area contributed by atoms with Gasteiger partial charge in [-0.25, -0.2) is 9.97 Å². The van der Waals surface area contributed by atoms with Gasteiger partial charge in [0.1, 0.15) is 18.0 Å². The fourth-order valence-corrected chi connectivity index (χ4v) is 3.80. The SMILES string of the molecule is CC(C(=O)N1CCCN(c2cc(N)ncn2)CC1)N1CCCCCC1. The molecule has 1 unspecified atom stereocenters. The van der Waals surface area contributed by atoms with Gasteiger partial charge < -0.3 is 15.5 Å². The van der Waals surface area contributed by atoms with Crippen LogP contribution in [0.1, 0.15) is 39.0 Å². The molecule has 0 saturated carbocycles. The molecule has 1 aromatic rings. The molecule has 3 rings (SSSR count). The normalized spacial score (nSPS) is 21.5. The Balaban J connectivity index is 1.59. The van der Waals surface area contributed by atoms with Crippen LogP contribution in [0.25, 0.3) is 0 Å². The standard InChI is InChI=1S/C18H30N6O/c1-15(22-7-4-2-3-5-8-22)18(25)24-10-6-9-23(11-12-24)17-13-16(19)20-14-21-17/h13-15H,2-12H2,1H3,(H2,19,20,21). The number of carbonyl (C=O) groups excluding carboxylic acids is 1. The number of hydrogen-bond donors (Lipinski definition) is 1. The molecule has 0 aliphatic carbocycles. The van der Waals surface area contributed by atoms with Crippen molar-refractivity contribution in [3.63, 3.8) is 0 Å². The minimum atomic E-state index is -0.0145. The van der Waals surface area contributed by atoms with Crippen LogP contribution in [0, 0.1) is 0 Å². The van der Waals surface area contributed by atoms with Gasteiger partial charge in [0.2, 0.25) is 5.91 Å². The zero-order chi connectivity index (χ0) is 17.6. The van der Waals surface area contributed by atoms with Gasteiger partial charge in [-0.05, 0) is 39.3 Å². The summed E-state index contributed by atoms with van der Waals surface area (Å²) in [6, 6.07) is 1.79. The monoisotopic (exact) mass is 346 g/mol. The number of nitrogen functional groups attached to an aromatic ring is 1. The van der Waals surface area contributed by atoms with Crippen LogP contribution in [0.4, 0.5) is 11.6 Å². The second-order valence-corrected chi connectivity index (χ2v) is 7.09. The van der Waals surface area contributed by atoms with Crippen LogP contribution in [0.2, 0.25) is 0 Å². The highest BCUT2D eigenvalue weighted by atomic mass is 16.2. The van der Waals surface area contributed by atoms with Crippen LogP contribution in [-0.4, -0.2) is 71.0 Å². The van der Waals surface area contributed by atoms with Crippen LogP contribution in [0.5, 0.6) is 0 Å². The van der Waals surface area contributed by atoms with Crippen LogP contribution in [0.15, 0.2) is 12.4 Å². The molecule has 0 aromatic carbocycles. The van der Waals surface area contributed by atoms with Gasteiger partial charge >= 0.3 is 0 Å². The van der Waals surface area contributed by atoms with Gasteiger partial charge in [-0.1, -0.05) is 12.8 Å². The molecule has 138 valence electrons. The first kappa shape index (κ1) is 17.9. The lowest BCUT2D eigenvalue weighted by Crippen LogP contribution is -2.48. The van der Waals surface area contributed by atoms with Gasteiger partial charge in [0.25, 0.3) is 0 Å². The number of aromatic nitrogens is 2. The van der Waals surface area contributed by atoms with Crippen LogP contribution in [0.3, 0.4) is 0 Å². The molecule has 2 saturated heterocycles. The van der Waals surface area contributed by atoms with E-state index in [0.29, 0.717) is 5.82 Å². The third kappa shape index (κ3) is 4.60. The number of anilines is 2. The molecule has 2 N–H and O–H groups in total. The Bertz CT molecular complexity index is 572. The zero-order valence-electron chi connectivity index (χ0n) is 15.2. The Morgan fingerprint density at radius 3 is 2.48 bits per heavy atom. The Labute approximate surface area is 150 Å². The van der Waals surface area contributed by atoms with Crippen molar-refractivity contribution in [2.75, 3.05) is 49.9 Å². The fourth-order valence-electron chi connectivity index (χ4n) is 3.80. The lowest BCUT2D eigenvalue weighted by atomic mass is 10.2. The molecular weight excluding hydrogens is 316 g/mol. The predicted octanol–water partition coefficient (Wildman–Crippen LogP) is 1.36. The maximum Gasteiger partial charge on any atom is 0.239 e. The average molecular weight is 346 g/mol. The number of amides is 1. The first-order valence-electron chi connectivity index (χ1n) is 9.50. The van der Waals surface area contributed by atoms with Crippen molar-refractivity contribution >= 4 is 17.5 Å². The lowest BCUT2D eigenvalue weighted by molar-refractivity contribution is -0.136. The molecule has 0 spiro atoms. The molecule has 2 aliphatic rings. The maximum atomic E-state index is 13.0. The Kier molecular flexibility index (Phi) is 6.07. The van der Waals surface area contributed by atoms with E-state index in [0.717, 1.165) is 51.5 Å². The van der Waals surface area contributed by atoms with Crippen molar-refractivity contribution in [2.45, 2.75) is 45.1 Å². The van der Waals surface area contributed by atoms with Crippen molar-refractivity contribution in [2.24, 2.45) is 0 Å². The molecule has 25 heavy (non-hydrogen) atoms. The summed E-state index contributed by atoms with van der Waals surface area (Å²) in [6.45, 7) is 7.39. The summed E-state index contributed by atoms with van der Waals surface area (Å²) in [5.41, 5.74) is 5.77. The molecule has 0 bridgehead atoms. The molecule has 2 aliphatic heterocycles. The first-order valence-corrected chi connectivity index (χ1v) is 9.50. The second kappa shape index (κ2) is 8.47. The minimum absolute atomic E-state index is 0.0145. The van der Waals surface area contributed by atoms with Gasteiger partial charge in [0.05, 0.1) is 6.04 Å². The third-order valence-corrected chi connectivity index (χ3v) is 5.35. The van der Waals surface area contributed by atoms with E-state index in [1.165, 1.54) is 32.0 Å². The van der Waals surface area contributed by atoms with Gasteiger partial charge in [-0.2, -0.15) is 0 Å². The highest BCUT2D eigenvalue weighted by Gasteiger charge is 2.28. The number of rotatable bonds is 3. The Hall–Kier alpha value is -1.89. The smallest absolute Gasteiger partial charge is 0.239 e. The van der Waals surface area contributed by atoms with E-state index in [1.54, 1.807) is 6.07 Å². The van der Waals surface area contributed by atoms with Crippen molar-refractivity contribution in [3.05, 3.63) is 12.4 Å². The molecule has 3 heterocycles. The molecule has 1 aromatic heterocycles. The summed E-state index contributed by atoms with van der Waals surface area (Å²) in [5, 5.41) is 0. The number of nitrogens with zero attached hydrogens (tertiary/aromatic N) is 5. The Morgan fingerprint density at radius 1 is 1.00 bits per heavy atom. The van der Waals surface area contributed by atoms with E-state index >= 15 is 0 Å². The number of nitrogens with two attached hydrogens (primary N) is 1. The molecule has 1 atom stereocenters. The van der Waals surface area contributed by atoms with E-state index < -0.39 is 0 Å². The van der Waals surface area contributed by atoms with E-state index in [1.807, 2.05) is 4.90 Å². The number of likely N-dealkylation sites (tertiary alicyclic amines) is 1. The summed E-state index contributed by atoms with van der Waals surface area (Å²) in [7, 11) is 0. The number of carbonyl (C=O) groups is 1. The highest BCUT2D eigenvalue weighted by molar-refractivity contribution is 5.81. The molecule has 7 heteroatoms. The van der Waals surface area contributed by atoms with Crippen molar-refractivity contribution in [3.8, 4) is 0 Å². The van der Waals surface area contributed by atoms with Crippen molar-refractivity contribution in [1.29, 1.82) is 0 Å². The molecule has 0 radical (unpaired) electrons. The quantitative estimate of drug-likeness (QED) is 0.890. The van der Waals surface area contributed by atoms with Crippen molar-refractivity contribution in [1.82, 2.24) is 19.8 Å². The van der Waals surface area contributed by atoms with Crippen LogP contribution in [-0.2, 0) is 4.79 Å². The lowest BCUT2D eigenvalue weighted by Gasteiger charge is -2.31. The van der Waals surface area contributed by atoms with Crippen LogP contribution >= 0.6 is 0 Å². The van der Waals surface area contributed by atoms with Gasteiger partial charge in [-0.3, -0.25) is 9.69 Å². The summed E-state index contributed by atoms with van der Waals surface area (Å²) in [6.07, 6.45) is 7.44. The zero-order valence-corrected chi connectivity index (χ0v) is 15.2. The fraction of sp³-hybridized carbons (Fsp3) is 0.722. The minimum Gasteiger partial charge on any atom is -0.384 e. The van der Waals surface area contributed by atoms with Gasteiger partial charge in [-0.15, -0.1) is 0 Å². The molecule has 1 amide bonds. The summed E-state index contributed by atoms with van der Waals surface area (Å²) < 4.78 is 0. The van der Waals surface area contributed by atoms with E-state index in [4.69, 9.17) is 5.73 Å². The average Bonchev–Trinajstić information content (AvgIpc) is 3.03. The predicted molar refractivity (Wildman–Crippen MR) is 99.4 cm³/mol. The first-order chi connectivity index (χ1) is 12.1. The Morgan fingerprint density at radius 2 is 1.76 bits per heavy atom. The van der Waals surface area contributed by atoms with Crippen molar-refractivity contribution < 1.29 is 4.79 Å². The number of hydrogen-bond acceptors (Lipinski definition) is 6. The maximum absolute atomic E-state index is 13.0. The third-order valence-electron chi connectivity index (χ3n) is 5.35. The van der Waals surface area contributed by atoms with Gasteiger partial charge in [0.15, 0.2) is 0 Å². The topological polar surface area (TPSA) is 78.6 Å². The molecule has 7 nitrogen and oxygen atoms in total. The van der Waals surface area contributed by atoms with Gasteiger partial charge in [0, 0.05) is 32.2 Å². The largest absolute Gasteiger partial charge is 0.384 e. The highest BCUT2D eigenvalue weighted by Crippen LogP contribution is 2.17. The molecule has 2 fully saturated rings. The summed E-state index contributed by atoms with van der Waals surface area (Å²) in [4.78, 5) is 27.8. The summed E-state index contributed by atoms with van der Waals surface area (Å²) in [5.74, 6) is 1.60. The van der Waals surface area contributed by atoms with E-state index in [-0.39, 0.29) is 11.9 Å². The van der Waals surface area contributed by atoms with E-state index in [2.05, 4.69) is 26.7 Å². The van der Waals surface area contributed by atoms with Crippen LogP contribution < -0.4 is 10.6 Å².